The van der Waals surface area contributed by atoms with Gasteiger partial charge in [0.2, 0.25) is 0 Å². The number of hydrogen-bond acceptors (Lipinski definition) is 4. The van der Waals surface area contributed by atoms with Crippen molar-refractivity contribution < 1.29 is 8.42 Å². The number of nitrogens with one attached hydrogen (secondary N) is 1. The van der Waals surface area contributed by atoms with Gasteiger partial charge >= 0.3 is 0 Å². The number of rotatable bonds is 3. The maximum Gasteiger partial charge on any atom is 0.193 e. The van der Waals surface area contributed by atoms with Gasteiger partial charge in [0.05, 0.1) is 10.5 Å². The van der Waals surface area contributed by atoms with Gasteiger partial charge in [0.25, 0.3) is 0 Å². The van der Waals surface area contributed by atoms with Crippen LogP contribution in [0.1, 0.15) is 25.1 Å². The lowest BCUT2D eigenvalue weighted by molar-refractivity contribution is 0.353. The monoisotopic (exact) mass is 338 g/mol. The molecule has 1 aromatic rings. The van der Waals surface area contributed by atoms with E-state index in [0.29, 0.717) is 13.1 Å². The number of nitrogens with zero attached hydrogens (tertiary/aromatic N) is 3. The highest BCUT2D eigenvalue weighted by atomic mass is 32.2. The summed E-state index contributed by atoms with van der Waals surface area (Å²) in [7, 11) is -1.31. The molecule has 7 heteroatoms. The molecule has 1 fully saturated rings. The van der Waals surface area contributed by atoms with Crippen LogP contribution in [0.3, 0.4) is 0 Å². The van der Waals surface area contributed by atoms with Gasteiger partial charge in [0, 0.05) is 38.6 Å². The minimum absolute atomic E-state index is 0.169. The van der Waals surface area contributed by atoms with Crippen LogP contribution in [0.25, 0.3) is 0 Å². The van der Waals surface area contributed by atoms with Crippen LogP contribution in [-0.4, -0.2) is 61.4 Å². The van der Waals surface area contributed by atoms with Crippen LogP contribution in [0.15, 0.2) is 23.3 Å². The summed E-state index contributed by atoms with van der Waals surface area (Å²) in [6, 6.07) is 4.07. The van der Waals surface area contributed by atoms with Gasteiger partial charge in [-0.2, -0.15) is 0 Å². The van der Waals surface area contributed by atoms with Gasteiger partial charge in [0.15, 0.2) is 15.8 Å². The van der Waals surface area contributed by atoms with E-state index in [-0.39, 0.29) is 5.75 Å². The predicted molar refractivity (Wildman–Crippen MR) is 93.5 cm³/mol. The Balaban J connectivity index is 1.92. The Morgan fingerprint density at radius 1 is 1.43 bits per heavy atom. The van der Waals surface area contributed by atoms with Crippen molar-refractivity contribution in [2.45, 2.75) is 31.9 Å². The highest BCUT2D eigenvalue weighted by Crippen LogP contribution is 2.23. The molecule has 0 atom stereocenters. The molecule has 0 bridgehead atoms. The summed E-state index contributed by atoms with van der Waals surface area (Å²) in [5.41, 5.74) is 2.18. The number of hydrogen-bond donors (Lipinski definition) is 1. The Kier molecular flexibility index (Phi) is 5.29. The number of guanidine groups is 1. The van der Waals surface area contributed by atoms with Crippen LogP contribution in [0.2, 0.25) is 0 Å². The van der Waals surface area contributed by atoms with Crippen molar-refractivity contribution in [3.8, 4) is 0 Å². The third-order valence-electron chi connectivity index (χ3n) is 4.22. The fourth-order valence-electron chi connectivity index (χ4n) is 2.62. The third-order valence-corrected chi connectivity index (χ3v) is 6.76. The van der Waals surface area contributed by atoms with Gasteiger partial charge in [0.1, 0.15) is 0 Å². The summed E-state index contributed by atoms with van der Waals surface area (Å²) in [5.74, 6) is 0.927. The fraction of sp³-hybridized carbons (Fsp3) is 0.625. The van der Waals surface area contributed by atoms with Gasteiger partial charge in [-0.25, -0.2) is 8.42 Å². The molecule has 0 unspecified atom stereocenters. The van der Waals surface area contributed by atoms with Crippen molar-refractivity contribution >= 4 is 15.8 Å². The standard InChI is InChI=1S/C16H26N4O2S/c1-13-5-6-14(11-19-13)7-8-18-15(17-4)20-9-10-23(21,22)16(2,3)12-20/h5-6,11H,7-10,12H2,1-4H3,(H,17,18). The Hall–Kier alpha value is -1.63. The Labute approximate surface area is 138 Å². The summed E-state index contributed by atoms with van der Waals surface area (Å²) in [4.78, 5) is 10.6. The van der Waals surface area contributed by atoms with Crippen molar-refractivity contribution in [2.75, 3.05) is 32.4 Å². The van der Waals surface area contributed by atoms with Gasteiger partial charge in [-0.05, 0) is 38.8 Å². The normalized spacial score (nSPS) is 20.3. The minimum Gasteiger partial charge on any atom is -0.356 e. The lowest BCUT2D eigenvalue weighted by atomic mass is 10.2. The molecule has 0 radical (unpaired) electrons. The maximum absolute atomic E-state index is 12.1. The van der Waals surface area contributed by atoms with Crippen molar-refractivity contribution in [2.24, 2.45) is 4.99 Å². The highest BCUT2D eigenvalue weighted by molar-refractivity contribution is 7.92. The zero-order chi connectivity index (χ0) is 17.1. The smallest absolute Gasteiger partial charge is 0.193 e. The largest absolute Gasteiger partial charge is 0.356 e. The van der Waals surface area contributed by atoms with E-state index in [2.05, 4.69) is 21.4 Å². The van der Waals surface area contributed by atoms with E-state index in [1.54, 1.807) is 20.9 Å². The molecular formula is C16H26N4O2S. The van der Waals surface area contributed by atoms with Crippen LogP contribution >= 0.6 is 0 Å². The summed E-state index contributed by atoms with van der Waals surface area (Å²) < 4.78 is 23.4. The van der Waals surface area contributed by atoms with E-state index in [0.717, 1.165) is 24.6 Å². The second-order valence-electron chi connectivity index (χ2n) is 6.53. The quantitative estimate of drug-likeness (QED) is 0.658. The molecule has 1 aliphatic rings. The number of aromatic nitrogens is 1. The third kappa shape index (κ3) is 4.22. The average Bonchev–Trinajstić information content (AvgIpc) is 2.49. The zero-order valence-corrected chi connectivity index (χ0v) is 15.2. The van der Waals surface area contributed by atoms with E-state index in [4.69, 9.17) is 0 Å². The summed E-state index contributed by atoms with van der Waals surface area (Å²) >= 11 is 0. The molecule has 23 heavy (non-hydrogen) atoms. The zero-order valence-electron chi connectivity index (χ0n) is 14.3. The fourth-order valence-corrected chi connectivity index (χ4v) is 3.99. The predicted octanol–water partition coefficient (Wildman–Crippen LogP) is 1.02. The van der Waals surface area contributed by atoms with Crippen LogP contribution in [0.4, 0.5) is 0 Å². The van der Waals surface area contributed by atoms with E-state index < -0.39 is 14.6 Å². The van der Waals surface area contributed by atoms with Crippen LogP contribution in [0.5, 0.6) is 0 Å². The summed E-state index contributed by atoms with van der Waals surface area (Å²) in [5, 5.41) is 3.32. The first kappa shape index (κ1) is 17.7. The summed E-state index contributed by atoms with van der Waals surface area (Å²) in [6.45, 7) is 7.20. The molecule has 128 valence electrons. The molecule has 1 saturated heterocycles. The van der Waals surface area contributed by atoms with Crippen LogP contribution in [-0.2, 0) is 16.3 Å². The summed E-state index contributed by atoms with van der Waals surface area (Å²) in [6.07, 6.45) is 2.73. The molecule has 1 aromatic heterocycles. The van der Waals surface area contributed by atoms with Crippen molar-refractivity contribution in [3.63, 3.8) is 0 Å². The van der Waals surface area contributed by atoms with E-state index in [1.807, 2.05) is 24.1 Å². The van der Waals surface area contributed by atoms with Gasteiger partial charge in [-0.1, -0.05) is 6.07 Å². The first-order valence-corrected chi connectivity index (χ1v) is 9.50. The Morgan fingerprint density at radius 3 is 2.74 bits per heavy atom. The first-order chi connectivity index (χ1) is 10.7. The minimum atomic E-state index is -3.04. The molecule has 1 aliphatic heterocycles. The second-order valence-corrected chi connectivity index (χ2v) is 9.27. The molecule has 1 N–H and O–H groups in total. The molecular weight excluding hydrogens is 312 g/mol. The van der Waals surface area contributed by atoms with Crippen molar-refractivity contribution in [3.05, 3.63) is 29.6 Å². The molecule has 2 rings (SSSR count). The Morgan fingerprint density at radius 2 is 2.17 bits per heavy atom. The lowest BCUT2D eigenvalue weighted by Gasteiger charge is -2.39. The molecule has 0 amide bonds. The molecule has 0 aromatic carbocycles. The average molecular weight is 338 g/mol. The van der Waals surface area contributed by atoms with E-state index >= 15 is 0 Å². The van der Waals surface area contributed by atoms with E-state index in [9.17, 15) is 8.42 Å². The molecule has 0 saturated carbocycles. The van der Waals surface area contributed by atoms with Crippen molar-refractivity contribution in [1.29, 1.82) is 0 Å². The number of sulfone groups is 1. The maximum atomic E-state index is 12.1. The molecule has 6 nitrogen and oxygen atoms in total. The SMILES string of the molecule is CN=C(NCCc1ccc(C)nc1)N1CCS(=O)(=O)C(C)(C)C1. The van der Waals surface area contributed by atoms with Crippen LogP contribution in [0, 0.1) is 6.92 Å². The van der Waals surface area contributed by atoms with Gasteiger partial charge < -0.3 is 10.2 Å². The molecule has 2 heterocycles. The lowest BCUT2D eigenvalue weighted by Crippen LogP contribution is -2.57. The molecule has 0 aliphatic carbocycles. The van der Waals surface area contributed by atoms with Crippen LogP contribution < -0.4 is 5.32 Å². The van der Waals surface area contributed by atoms with E-state index in [1.165, 1.54) is 5.56 Å². The number of pyridine rings is 1. The van der Waals surface area contributed by atoms with Crippen molar-refractivity contribution in [1.82, 2.24) is 15.2 Å². The Bertz CT molecular complexity index is 666. The second kappa shape index (κ2) is 6.86. The highest BCUT2D eigenvalue weighted by Gasteiger charge is 2.40. The molecule has 0 spiro atoms. The topological polar surface area (TPSA) is 74.7 Å². The number of aliphatic imine (C=N–C) groups is 1. The van der Waals surface area contributed by atoms with Gasteiger partial charge in [-0.3, -0.25) is 9.98 Å². The first-order valence-electron chi connectivity index (χ1n) is 7.84. The number of aryl methyl sites for hydroxylation is 1. The van der Waals surface area contributed by atoms with Gasteiger partial charge in [-0.15, -0.1) is 0 Å².